The van der Waals surface area contributed by atoms with E-state index in [1.807, 2.05) is 0 Å². The fourth-order valence-corrected chi connectivity index (χ4v) is 3.70. The van der Waals surface area contributed by atoms with Crippen molar-refractivity contribution < 1.29 is 38.3 Å². The molecule has 1 aromatic heterocycles. The van der Waals surface area contributed by atoms with Crippen molar-refractivity contribution in [2.45, 2.75) is 49.5 Å². The lowest BCUT2D eigenvalue weighted by Crippen LogP contribution is -2.59. The van der Waals surface area contributed by atoms with Crippen molar-refractivity contribution in [1.29, 1.82) is 0 Å². The molecule has 1 aliphatic heterocycles. The molecule has 4 N–H and O–H groups in total. The van der Waals surface area contributed by atoms with Gasteiger partial charge >= 0.3 is 6.18 Å². The van der Waals surface area contributed by atoms with Crippen molar-refractivity contribution in [3.63, 3.8) is 0 Å². The zero-order chi connectivity index (χ0) is 22.9. The van der Waals surface area contributed by atoms with Crippen LogP contribution in [-0.4, -0.2) is 67.5 Å². The molecule has 10 heteroatoms. The standard InChI is InChI=1S/C21H23F3N2O5/c1-3-12(20-19(30)18(29)17(28)15(9-27)31-20)13-5-4-11(6-10(13)2)14-7-26-16(8-25-14)21(22,23)24/h3-8,12,15,17-20,27-30H,1,9H2,2H3/t12?,15-,17-,18+,19+,20-/m1/s1. The number of aliphatic hydroxyl groups excluding tert-OH is 4. The molecule has 0 radical (unpaired) electrons. The summed E-state index contributed by atoms with van der Waals surface area (Å²) in [7, 11) is 0. The van der Waals surface area contributed by atoms with E-state index in [2.05, 4.69) is 16.5 Å². The Morgan fingerprint density at radius 3 is 2.35 bits per heavy atom. The highest BCUT2D eigenvalue weighted by Crippen LogP contribution is 2.35. The second-order valence-electron chi connectivity index (χ2n) is 7.41. The van der Waals surface area contributed by atoms with E-state index in [9.17, 15) is 33.6 Å². The predicted molar refractivity (Wildman–Crippen MR) is 104 cm³/mol. The van der Waals surface area contributed by atoms with E-state index < -0.39 is 54.9 Å². The van der Waals surface area contributed by atoms with Crippen LogP contribution in [0, 0.1) is 6.92 Å². The Morgan fingerprint density at radius 2 is 1.84 bits per heavy atom. The number of aliphatic hydroxyl groups is 4. The molecule has 1 unspecified atom stereocenters. The first-order valence-corrected chi connectivity index (χ1v) is 9.51. The summed E-state index contributed by atoms with van der Waals surface area (Å²) >= 11 is 0. The van der Waals surface area contributed by atoms with Gasteiger partial charge in [-0.2, -0.15) is 13.2 Å². The Balaban J connectivity index is 1.89. The van der Waals surface area contributed by atoms with Crippen LogP contribution in [0.4, 0.5) is 13.2 Å². The third kappa shape index (κ3) is 4.63. The van der Waals surface area contributed by atoms with Crippen LogP contribution >= 0.6 is 0 Å². The number of hydrogen-bond acceptors (Lipinski definition) is 7. The van der Waals surface area contributed by atoms with Crippen molar-refractivity contribution in [3.05, 3.63) is 60.1 Å². The van der Waals surface area contributed by atoms with Crippen molar-refractivity contribution >= 4 is 0 Å². The Hall–Kier alpha value is -2.37. The third-order valence-corrected chi connectivity index (χ3v) is 5.40. The molecule has 0 amide bonds. The average Bonchev–Trinajstić information content (AvgIpc) is 2.74. The van der Waals surface area contributed by atoms with Crippen molar-refractivity contribution in [2.24, 2.45) is 0 Å². The van der Waals surface area contributed by atoms with E-state index in [4.69, 9.17) is 4.74 Å². The van der Waals surface area contributed by atoms with Gasteiger partial charge in [-0.15, -0.1) is 6.58 Å². The molecule has 0 spiro atoms. The molecule has 3 rings (SSSR count). The second kappa shape index (κ2) is 9.01. The van der Waals surface area contributed by atoms with Crippen molar-refractivity contribution in [3.8, 4) is 11.3 Å². The number of benzene rings is 1. The summed E-state index contributed by atoms with van der Waals surface area (Å²) < 4.78 is 43.7. The molecule has 168 valence electrons. The normalized spacial score (nSPS) is 27.7. The number of aryl methyl sites for hydroxylation is 1. The molecule has 0 saturated carbocycles. The monoisotopic (exact) mass is 440 g/mol. The number of halogens is 3. The van der Waals surface area contributed by atoms with E-state index in [0.29, 0.717) is 22.9 Å². The largest absolute Gasteiger partial charge is 0.434 e. The average molecular weight is 440 g/mol. The molecular weight excluding hydrogens is 417 g/mol. The molecule has 6 atom stereocenters. The molecule has 0 aliphatic carbocycles. The van der Waals surface area contributed by atoms with Gasteiger partial charge in [0.05, 0.1) is 30.8 Å². The minimum Gasteiger partial charge on any atom is -0.394 e. The summed E-state index contributed by atoms with van der Waals surface area (Å²) in [6, 6.07) is 5.03. The molecule has 1 aliphatic rings. The lowest BCUT2D eigenvalue weighted by Gasteiger charge is -2.43. The second-order valence-corrected chi connectivity index (χ2v) is 7.41. The van der Waals surface area contributed by atoms with E-state index >= 15 is 0 Å². The molecule has 31 heavy (non-hydrogen) atoms. The van der Waals surface area contributed by atoms with Gasteiger partial charge in [-0.3, -0.25) is 4.98 Å². The maximum absolute atomic E-state index is 12.7. The Kier molecular flexibility index (Phi) is 6.77. The van der Waals surface area contributed by atoms with E-state index in [-0.39, 0.29) is 5.69 Å². The summed E-state index contributed by atoms with van der Waals surface area (Å²) in [4.78, 5) is 7.25. The zero-order valence-corrected chi connectivity index (χ0v) is 16.6. The third-order valence-electron chi connectivity index (χ3n) is 5.40. The highest BCUT2D eigenvalue weighted by atomic mass is 19.4. The lowest BCUT2D eigenvalue weighted by molar-refractivity contribution is -0.231. The van der Waals surface area contributed by atoms with Gasteiger partial charge in [-0.05, 0) is 24.1 Å². The van der Waals surface area contributed by atoms with Crippen LogP contribution in [0.1, 0.15) is 22.7 Å². The number of rotatable bonds is 5. The number of nitrogens with zero attached hydrogens (tertiary/aromatic N) is 2. The quantitative estimate of drug-likeness (QED) is 0.522. The van der Waals surface area contributed by atoms with Crippen LogP contribution in [0.5, 0.6) is 0 Å². The first-order valence-electron chi connectivity index (χ1n) is 9.51. The smallest absolute Gasteiger partial charge is 0.394 e. The molecule has 0 bridgehead atoms. The van der Waals surface area contributed by atoms with Gasteiger partial charge in [0.15, 0.2) is 5.69 Å². The number of alkyl halides is 3. The van der Waals surface area contributed by atoms with Crippen molar-refractivity contribution in [2.75, 3.05) is 6.61 Å². The number of ether oxygens (including phenoxy) is 1. The first kappa shape index (κ1) is 23.3. The summed E-state index contributed by atoms with van der Waals surface area (Å²) in [5.41, 5.74) is 1.10. The van der Waals surface area contributed by atoms with Gasteiger partial charge < -0.3 is 25.2 Å². The molecule has 1 saturated heterocycles. The summed E-state index contributed by atoms with van der Waals surface area (Å²) in [5.74, 6) is -0.598. The minimum atomic E-state index is -4.58. The summed E-state index contributed by atoms with van der Waals surface area (Å²) in [6.07, 6.45) is -7.79. The highest BCUT2D eigenvalue weighted by Gasteiger charge is 2.46. The van der Waals surface area contributed by atoms with Crippen LogP contribution in [0.15, 0.2) is 43.2 Å². The van der Waals surface area contributed by atoms with Gasteiger partial charge in [0.1, 0.15) is 24.4 Å². The number of hydrogen-bond donors (Lipinski definition) is 4. The number of aromatic nitrogens is 2. The lowest BCUT2D eigenvalue weighted by atomic mass is 9.82. The Morgan fingerprint density at radius 1 is 1.13 bits per heavy atom. The zero-order valence-electron chi connectivity index (χ0n) is 16.6. The van der Waals surface area contributed by atoms with Crippen LogP contribution in [-0.2, 0) is 10.9 Å². The topological polar surface area (TPSA) is 116 Å². The SMILES string of the molecule is C=CC(c1ccc(-c2cnc(C(F)(F)F)cn2)cc1C)[C@H]1O[C@H](CO)[C@@H](O)[C@H](O)[C@@H]1O. The van der Waals surface area contributed by atoms with E-state index in [0.717, 1.165) is 6.20 Å². The van der Waals surface area contributed by atoms with Gasteiger partial charge in [0, 0.05) is 11.5 Å². The first-order chi connectivity index (χ1) is 14.6. The van der Waals surface area contributed by atoms with Crippen LogP contribution in [0.25, 0.3) is 11.3 Å². The Labute approximate surface area is 176 Å². The van der Waals surface area contributed by atoms with E-state index in [1.54, 1.807) is 25.1 Å². The fourth-order valence-electron chi connectivity index (χ4n) is 3.70. The van der Waals surface area contributed by atoms with Crippen LogP contribution < -0.4 is 0 Å². The molecule has 2 heterocycles. The predicted octanol–water partition coefficient (Wildman–Crippen LogP) is 1.58. The van der Waals surface area contributed by atoms with Crippen LogP contribution in [0.3, 0.4) is 0 Å². The van der Waals surface area contributed by atoms with Gasteiger partial charge in [-0.25, -0.2) is 4.98 Å². The molecular formula is C21H23F3N2O5. The van der Waals surface area contributed by atoms with E-state index in [1.165, 1.54) is 6.08 Å². The maximum atomic E-state index is 12.7. The summed E-state index contributed by atoms with van der Waals surface area (Å²) in [5, 5.41) is 39.9. The summed E-state index contributed by atoms with van der Waals surface area (Å²) in [6.45, 7) is 4.98. The minimum absolute atomic E-state index is 0.255. The Bertz CT molecular complexity index is 920. The van der Waals surface area contributed by atoms with Crippen molar-refractivity contribution in [1.82, 2.24) is 9.97 Å². The fraction of sp³-hybridized carbons (Fsp3) is 0.429. The molecule has 2 aromatic rings. The highest BCUT2D eigenvalue weighted by molar-refractivity contribution is 5.60. The maximum Gasteiger partial charge on any atom is 0.434 e. The van der Waals surface area contributed by atoms with Gasteiger partial charge in [-0.1, -0.05) is 18.2 Å². The molecule has 1 fully saturated rings. The van der Waals surface area contributed by atoms with Gasteiger partial charge in [0.2, 0.25) is 0 Å². The van der Waals surface area contributed by atoms with Gasteiger partial charge in [0.25, 0.3) is 0 Å². The molecule has 1 aromatic carbocycles. The molecule has 7 nitrogen and oxygen atoms in total. The van der Waals surface area contributed by atoms with Crippen LogP contribution in [0.2, 0.25) is 0 Å².